The highest BCUT2D eigenvalue weighted by atomic mass is 32.1. The summed E-state index contributed by atoms with van der Waals surface area (Å²) in [5, 5.41) is 22.3. The second kappa shape index (κ2) is 8.06. The van der Waals surface area contributed by atoms with E-state index in [1.54, 1.807) is 10.9 Å². The third-order valence-corrected chi connectivity index (χ3v) is 5.46. The number of nitrogens with zero attached hydrogens (tertiary/aromatic N) is 5. The molecule has 1 aromatic carbocycles. The number of carbonyl (C=O) groups excluding carboxylic acids is 1. The van der Waals surface area contributed by atoms with Gasteiger partial charge < -0.3 is 10.4 Å². The lowest BCUT2D eigenvalue weighted by atomic mass is 10.0. The molecule has 2 N–H and O–H groups in total. The van der Waals surface area contributed by atoms with Crippen LogP contribution in [0.5, 0.6) is 0 Å². The summed E-state index contributed by atoms with van der Waals surface area (Å²) in [7, 11) is 0. The zero-order chi connectivity index (χ0) is 20.4. The van der Waals surface area contributed by atoms with E-state index in [-0.39, 0.29) is 25.0 Å². The molecule has 0 bridgehead atoms. The highest BCUT2D eigenvalue weighted by Gasteiger charge is 2.24. The molecule has 3 aromatic heterocycles. The molecule has 0 spiro atoms. The van der Waals surface area contributed by atoms with Crippen molar-refractivity contribution < 1.29 is 9.90 Å². The van der Waals surface area contributed by atoms with Crippen LogP contribution >= 0.6 is 11.5 Å². The van der Waals surface area contributed by atoms with Crippen LogP contribution in [0.2, 0.25) is 0 Å². The van der Waals surface area contributed by atoms with Crippen molar-refractivity contribution in [1.82, 2.24) is 24.4 Å². The SMILES string of the molecule is Cc1cc(NC(=O)c2c(CCO)nnn2[C@@H](C)c2ccc3ncccc3c2)sn1. The maximum absolute atomic E-state index is 13.0. The Labute approximate surface area is 171 Å². The fraction of sp³-hybridized carbons (Fsp3) is 0.250. The number of aromatic nitrogens is 5. The van der Waals surface area contributed by atoms with Crippen LogP contribution in [-0.2, 0) is 6.42 Å². The van der Waals surface area contributed by atoms with Crippen LogP contribution in [0.1, 0.15) is 40.4 Å². The van der Waals surface area contributed by atoms with Crippen molar-refractivity contribution in [2.45, 2.75) is 26.3 Å². The highest BCUT2D eigenvalue weighted by molar-refractivity contribution is 7.10. The molecule has 148 valence electrons. The Bertz CT molecular complexity index is 1170. The van der Waals surface area contributed by atoms with Crippen LogP contribution in [0.3, 0.4) is 0 Å². The number of benzene rings is 1. The van der Waals surface area contributed by atoms with Crippen LogP contribution in [0.4, 0.5) is 5.00 Å². The molecule has 0 aliphatic rings. The summed E-state index contributed by atoms with van der Waals surface area (Å²) < 4.78 is 5.79. The van der Waals surface area contributed by atoms with Crippen molar-refractivity contribution in [1.29, 1.82) is 0 Å². The lowest BCUT2D eigenvalue weighted by Gasteiger charge is -2.16. The number of aliphatic hydroxyl groups excluding tert-OH is 1. The first-order valence-corrected chi connectivity index (χ1v) is 9.98. The van der Waals surface area contributed by atoms with Crippen LogP contribution in [0, 0.1) is 6.92 Å². The van der Waals surface area contributed by atoms with Gasteiger partial charge in [-0.05, 0) is 55.2 Å². The van der Waals surface area contributed by atoms with Crippen molar-refractivity contribution in [3.8, 4) is 0 Å². The van der Waals surface area contributed by atoms with E-state index in [4.69, 9.17) is 0 Å². The topological polar surface area (TPSA) is 106 Å². The summed E-state index contributed by atoms with van der Waals surface area (Å²) in [6.45, 7) is 3.71. The number of hydrogen-bond donors (Lipinski definition) is 2. The molecule has 0 aliphatic carbocycles. The van der Waals surface area contributed by atoms with Crippen molar-refractivity contribution >= 4 is 33.3 Å². The van der Waals surface area contributed by atoms with Crippen LogP contribution in [0.25, 0.3) is 10.9 Å². The third kappa shape index (κ3) is 3.87. The minimum Gasteiger partial charge on any atom is -0.396 e. The van der Waals surface area contributed by atoms with Gasteiger partial charge in [-0.3, -0.25) is 9.78 Å². The van der Waals surface area contributed by atoms with Gasteiger partial charge >= 0.3 is 0 Å². The minimum absolute atomic E-state index is 0.116. The van der Waals surface area contributed by atoms with E-state index in [1.165, 1.54) is 11.5 Å². The van der Waals surface area contributed by atoms with Crippen molar-refractivity contribution in [2.24, 2.45) is 0 Å². The monoisotopic (exact) mass is 408 g/mol. The van der Waals surface area contributed by atoms with E-state index in [9.17, 15) is 9.90 Å². The number of anilines is 1. The lowest BCUT2D eigenvalue weighted by Crippen LogP contribution is -2.22. The molecule has 0 aliphatic heterocycles. The molecule has 0 saturated heterocycles. The summed E-state index contributed by atoms with van der Waals surface area (Å²) >= 11 is 1.22. The van der Waals surface area contributed by atoms with E-state index in [0.717, 1.165) is 22.2 Å². The van der Waals surface area contributed by atoms with Gasteiger partial charge in [0, 0.05) is 24.6 Å². The Morgan fingerprint density at radius 2 is 2.17 bits per heavy atom. The molecular formula is C20H20N6O2S. The van der Waals surface area contributed by atoms with E-state index in [0.29, 0.717) is 16.4 Å². The Morgan fingerprint density at radius 3 is 2.93 bits per heavy atom. The van der Waals surface area contributed by atoms with Crippen molar-refractivity contribution in [3.05, 3.63) is 65.2 Å². The summed E-state index contributed by atoms with van der Waals surface area (Å²) in [5.74, 6) is -0.323. The minimum atomic E-state index is -0.323. The van der Waals surface area contributed by atoms with Gasteiger partial charge in [0.1, 0.15) is 5.00 Å². The van der Waals surface area contributed by atoms with Crippen molar-refractivity contribution in [2.75, 3.05) is 11.9 Å². The number of hydrogen-bond acceptors (Lipinski definition) is 7. The molecule has 4 aromatic rings. The smallest absolute Gasteiger partial charge is 0.276 e. The number of amides is 1. The molecule has 1 amide bonds. The summed E-state index contributed by atoms with van der Waals surface area (Å²) in [6.07, 6.45) is 2.01. The van der Waals surface area contributed by atoms with Crippen LogP contribution in [0.15, 0.2) is 42.6 Å². The Morgan fingerprint density at radius 1 is 1.31 bits per heavy atom. The average molecular weight is 408 g/mol. The quantitative estimate of drug-likeness (QED) is 0.508. The fourth-order valence-electron chi connectivity index (χ4n) is 3.20. The number of aryl methyl sites for hydroxylation is 1. The van der Waals surface area contributed by atoms with Crippen LogP contribution < -0.4 is 5.32 Å². The summed E-state index contributed by atoms with van der Waals surface area (Å²) in [4.78, 5) is 17.4. The molecule has 0 radical (unpaired) electrons. The van der Waals surface area contributed by atoms with Gasteiger partial charge in [-0.15, -0.1) is 5.10 Å². The van der Waals surface area contributed by atoms with Crippen LogP contribution in [-0.4, -0.2) is 42.0 Å². The predicted molar refractivity (Wildman–Crippen MR) is 111 cm³/mol. The molecule has 0 saturated carbocycles. The fourth-order valence-corrected chi connectivity index (χ4v) is 3.85. The molecule has 0 unspecified atom stereocenters. The first kappa shape index (κ1) is 19.2. The van der Waals surface area contributed by atoms with Gasteiger partial charge in [-0.1, -0.05) is 17.3 Å². The Kier molecular flexibility index (Phi) is 5.32. The molecular weight excluding hydrogens is 388 g/mol. The molecule has 4 rings (SSSR count). The molecule has 9 heteroatoms. The first-order chi connectivity index (χ1) is 14.1. The lowest BCUT2D eigenvalue weighted by molar-refractivity contribution is 0.101. The predicted octanol–water partition coefficient (Wildman–Crippen LogP) is 2.99. The molecule has 3 heterocycles. The van der Waals surface area contributed by atoms with E-state index >= 15 is 0 Å². The summed E-state index contributed by atoms with van der Waals surface area (Å²) in [5.41, 5.74) is 3.52. The summed E-state index contributed by atoms with van der Waals surface area (Å²) in [6, 6.07) is 11.4. The normalized spacial score (nSPS) is 12.2. The third-order valence-electron chi connectivity index (χ3n) is 4.67. The average Bonchev–Trinajstić information content (AvgIpc) is 3.33. The zero-order valence-electron chi connectivity index (χ0n) is 16.0. The van der Waals surface area contributed by atoms with Gasteiger partial charge in [-0.2, -0.15) is 4.37 Å². The maximum atomic E-state index is 13.0. The van der Waals surface area contributed by atoms with Gasteiger partial charge in [0.2, 0.25) is 0 Å². The molecule has 0 fully saturated rings. The van der Waals surface area contributed by atoms with Gasteiger partial charge in [0.05, 0.1) is 22.9 Å². The largest absolute Gasteiger partial charge is 0.396 e. The second-order valence-corrected chi connectivity index (χ2v) is 7.53. The number of nitrogens with one attached hydrogen (secondary N) is 1. The zero-order valence-corrected chi connectivity index (χ0v) is 16.8. The number of fused-ring (bicyclic) bond motifs is 1. The number of aliphatic hydroxyl groups is 1. The highest BCUT2D eigenvalue weighted by Crippen LogP contribution is 2.25. The Balaban J connectivity index is 1.71. The first-order valence-electron chi connectivity index (χ1n) is 9.21. The molecule has 29 heavy (non-hydrogen) atoms. The van der Waals surface area contributed by atoms with Gasteiger partial charge in [0.15, 0.2) is 5.69 Å². The van der Waals surface area contributed by atoms with E-state index in [1.807, 2.05) is 50.2 Å². The maximum Gasteiger partial charge on any atom is 0.276 e. The Hall–Kier alpha value is -3.17. The molecule has 1 atom stereocenters. The van der Waals surface area contributed by atoms with Crippen molar-refractivity contribution in [3.63, 3.8) is 0 Å². The second-order valence-electron chi connectivity index (χ2n) is 6.72. The number of pyridine rings is 1. The van der Waals surface area contributed by atoms with E-state index in [2.05, 4.69) is 25.0 Å². The number of carbonyl (C=O) groups is 1. The number of rotatable bonds is 6. The van der Waals surface area contributed by atoms with Gasteiger partial charge in [0.25, 0.3) is 5.91 Å². The standard InChI is InChI=1S/C20H20N6O2S/c1-12-10-18(29-24-12)22-20(28)19-17(7-9-27)23-25-26(19)13(2)14-5-6-16-15(11-14)4-3-8-21-16/h3-6,8,10-11,13,27H,7,9H2,1-2H3,(H,22,28)/t13-/m0/s1. The van der Waals surface area contributed by atoms with Gasteiger partial charge in [-0.25, -0.2) is 4.68 Å². The molecule has 8 nitrogen and oxygen atoms in total. The van der Waals surface area contributed by atoms with E-state index < -0.39 is 0 Å².